The van der Waals surface area contributed by atoms with Gasteiger partial charge >= 0.3 is 5.82 Å². The number of nitrogens with two attached hydrogens (primary N) is 1. The minimum atomic E-state index is -0.628. The molecule has 0 aliphatic rings. The molecule has 0 bridgehead atoms. The lowest BCUT2D eigenvalue weighted by atomic mass is 10.1. The summed E-state index contributed by atoms with van der Waals surface area (Å²) in [5.41, 5.74) is 8.06. The molecule has 2 aromatic heterocycles. The van der Waals surface area contributed by atoms with Gasteiger partial charge < -0.3 is 20.6 Å². The molecule has 0 aliphatic carbocycles. The molecule has 0 aliphatic heterocycles. The number of nitrogen functional groups attached to an aromatic ring is 1. The van der Waals surface area contributed by atoms with E-state index in [1.165, 1.54) is 15.6 Å². The molecule has 1 aromatic carbocycles. The van der Waals surface area contributed by atoms with Crippen molar-refractivity contribution in [2.75, 3.05) is 12.8 Å². The molecule has 140 valence electrons. The van der Waals surface area contributed by atoms with Gasteiger partial charge in [0.15, 0.2) is 5.02 Å². The van der Waals surface area contributed by atoms with Crippen molar-refractivity contribution < 1.29 is 9.66 Å². The van der Waals surface area contributed by atoms with Gasteiger partial charge in [0, 0.05) is 5.56 Å². The Morgan fingerprint density at radius 3 is 2.81 bits per heavy atom. The maximum Gasteiger partial charge on any atom is 0.408 e. The van der Waals surface area contributed by atoms with E-state index in [0.717, 1.165) is 16.8 Å². The van der Waals surface area contributed by atoms with Crippen molar-refractivity contribution >= 4 is 29.6 Å². The first kappa shape index (κ1) is 18.4. The molecule has 0 saturated heterocycles. The highest BCUT2D eigenvalue weighted by Gasteiger charge is 2.19. The van der Waals surface area contributed by atoms with E-state index in [9.17, 15) is 10.1 Å². The Morgan fingerprint density at radius 2 is 2.22 bits per heavy atom. The van der Waals surface area contributed by atoms with Crippen molar-refractivity contribution in [3.8, 4) is 5.75 Å². The first-order chi connectivity index (χ1) is 12.9. The second kappa shape index (κ2) is 7.46. The molecular formula is C16H16ClN7O3. The summed E-state index contributed by atoms with van der Waals surface area (Å²) < 4.78 is 8.21. The molecule has 11 heteroatoms. The predicted molar refractivity (Wildman–Crippen MR) is 100 cm³/mol. The number of rotatable bonds is 6. The third-order valence-electron chi connectivity index (χ3n) is 3.67. The average Bonchev–Trinajstić information content (AvgIpc) is 3.14. The van der Waals surface area contributed by atoms with Crippen LogP contribution in [-0.2, 0) is 6.54 Å². The molecule has 3 aromatic rings. The van der Waals surface area contributed by atoms with E-state index in [-0.39, 0.29) is 23.3 Å². The summed E-state index contributed by atoms with van der Waals surface area (Å²) in [6, 6.07) is 5.44. The smallest absolute Gasteiger partial charge is 0.408 e. The largest absolute Gasteiger partial charge is 0.496 e. The van der Waals surface area contributed by atoms with Crippen molar-refractivity contribution in [3.63, 3.8) is 0 Å². The van der Waals surface area contributed by atoms with Crippen LogP contribution in [0, 0.1) is 17.0 Å². The fourth-order valence-electron chi connectivity index (χ4n) is 2.49. The molecule has 0 fully saturated rings. The topological polar surface area (TPSA) is 126 Å². The first-order valence-electron chi connectivity index (χ1n) is 7.77. The number of hydrogen-bond acceptors (Lipinski definition) is 7. The van der Waals surface area contributed by atoms with E-state index in [1.54, 1.807) is 25.6 Å². The van der Waals surface area contributed by atoms with Crippen molar-refractivity contribution in [3.05, 3.63) is 62.6 Å². The molecule has 0 saturated carbocycles. The van der Waals surface area contributed by atoms with Crippen LogP contribution in [0.25, 0.3) is 0 Å². The van der Waals surface area contributed by atoms with Gasteiger partial charge in [-0.25, -0.2) is 9.66 Å². The first-order valence-corrected chi connectivity index (χ1v) is 8.15. The van der Waals surface area contributed by atoms with E-state index in [1.807, 2.05) is 19.1 Å². The van der Waals surface area contributed by atoms with E-state index in [4.69, 9.17) is 22.1 Å². The van der Waals surface area contributed by atoms with Crippen LogP contribution in [0.1, 0.15) is 16.8 Å². The lowest BCUT2D eigenvalue weighted by molar-refractivity contribution is -0.389. The number of imidazole rings is 1. The molecular weight excluding hydrogens is 374 g/mol. The predicted octanol–water partition coefficient (Wildman–Crippen LogP) is 2.47. The van der Waals surface area contributed by atoms with Crippen LogP contribution in [-0.4, -0.2) is 37.7 Å². The second-order valence-electron chi connectivity index (χ2n) is 5.66. The molecule has 2 N–H and O–H groups in total. The molecule has 27 heavy (non-hydrogen) atoms. The van der Waals surface area contributed by atoms with Gasteiger partial charge in [-0.15, -0.1) is 0 Å². The number of halogens is 1. The minimum Gasteiger partial charge on any atom is -0.496 e. The highest BCUT2D eigenvalue weighted by Crippen LogP contribution is 2.25. The molecule has 3 rings (SSSR count). The van der Waals surface area contributed by atoms with Crippen molar-refractivity contribution in [2.45, 2.75) is 13.5 Å². The molecule has 0 amide bonds. The quantitative estimate of drug-likeness (QED) is 0.392. The minimum absolute atomic E-state index is 0.0253. The van der Waals surface area contributed by atoms with Crippen molar-refractivity contribution in [2.24, 2.45) is 5.10 Å². The van der Waals surface area contributed by atoms with Crippen LogP contribution in [0.5, 0.6) is 5.75 Å². The highest BCUT2D eigenvalue weighted by atomic mass is 35.5. The van der Waals surface area contributed by atoms with Gasteiger partial charge in [-0.05, 0) is 35.6 Å². The highest BCUT2D eigenvalue weighted by molar-refractivity contribution is 6.32. The van der Waals surface area contributed by atoms with Crippen molar-refractivity contribution in [1.82, 2.24) is 19.4 Å². The standard InChI is InChI=1S/C16H16ClN7O3/c1-10-7-23(16(18)20-10)19-6-11-3-4-14(27-2)12(5-11)8-22-9-13(17)15(21-22)24(25)26/h3-7,9H,8H2,1-2H3,(H2,18,20). The van der Waals surface area contributed by atoms with Gasteiger partial charge in [0.1, 0.15) is 5.75 Å². The Labute approximate surface area is 159 Å². The Bertz CT molecular complexity index is 1030. The number of methoxy groups -OCH3 is 1. The number of benzene rings is 1. The zero-order valence-electron chi connectivity index (χ0n) is 14.5. The maximum absolute atomic E-state index is 10.9. The number of nitro groups is 1. The van der Waals surface area contributed by atoms with Crippen LogP contribution in [0.2, 0.25) is 5.02 Å². The van der Waals surface area contributed by atoms with Gasteiger partial charge in [-0.1, -0.05) is 11.6 Å². The third-order valence-corrected chi connectivity index (χ3v) is 3.94. The van der Waals surface area contributed by atoms with Crippen LogP contribution in [0.3, 0.4) is 0 Å². The zero-order valence-corrected chi connectivity index (χ0v) is 15.3. The number of aryl methyl sites for hydroxylation is 1. The number of anilines is 1. The summed E-state index contributed by atoms with van der Waals surface area (Å²) in [6.45, 7) is 2.06. The van der Waals surface area contributed by atoms with E-state index < -0.39 is 4.92 Å². The van der Waals surface area contributed by atoms with Gasteiger partial charge in [0.25, 0.3) is 0 Å². The summed E-state index contributed by atoms with van der Waals surface area (Å²) in [5.74, 6) is 0.509. The fourth-order valence-corrected chi connectivity index (χ4v) is 2.71. The zero-order chi connectivity index (χ0) is 19.6. The molecule has 0 radical (unpaired) electrons. The van der Waals surface area contributed by atoms with Gasteiger partial charge in [0.2, 0.25) is 5.95 Å². The Kier molecular flexibility index (Phi) is 5.08. The Hall–Kier alpha value is -3.40. The number of aromatic nitrogens is 4. The van der Waals surface area contributed by atoms with E-state index in [0.29, 0.717) is 5.75 Å². The summed E-state index contributed by atoms with van der Waals surface area (Å²) >= 11 is 5.85. The number of ether oxygens (including phenoxy) is 1. The van der Waals surface area contributed by atoms with E-state index in [2.05, 4.69) is 15.2 Å². The summed E-state index contributed by atoms with van der Waals surface area (Å²) in [5, 5.41) is 19.0. The van der Waals surface area contributed by atoms with E-state index >= 15 is 0 Å². The number of hydrogen-bond donors (Lipinski definition) is 1. The van der Waals surface area contributed by atoms with Gasteiger partial charge in [-0.3, -0.25) is 0 Å². The molecule has 2 heterocycles. The van der Waals surface area contributed by atoms with Crippen LogP contribution >= 0.6 is 11.6 Å². The second-order valence-corrected chi connectivity index (χ2v) is 6.06. The average molecular weight is 390 g/mol. The number of nitrogens with zero attached hydrogens (tertiary/aromatic N) is 6. The summed E-state index contributed by atoms with van der Waals surface area (Å²) in [6.07, 6.45) is 4.73. The maximum atomic E-state index is 10.9. The van der Waals surface area contributed by atoms with Crippen LogP contribution in [0.15, 0.2) is 35.7 Å². The van der Waals surface area contributed by atoms with Crippen LogP contribution < -0.4 is 10.5 Å². The molecule has 10 nitrogen and oxygen atoms in total. The van der Waals surface area contributed by atoms with Crippen molar-refractivity contribution in [1.29, 1.82) is 0 Å². The monoisotopic (exact) mass is 389 g/mol. The normalized spacial score (nSPS) is 11.2. The van der Waals surface area contributed by atoms with Gasteiger partial charge in [0.05, 0.1) is 43.1 Å². The Morgan fingerprint density at radius 1 is 1.44 bits per heavy atom. The molecule has 0 atom stereocenters. The lowest BCUT2D eigenvalue weighted by Crippen LogP contribution is -2.04. The fraction of sp³-hybridized carbons (Fsp3) is 0.188. The SMILES string of the molecule is COc1ccc(C=Nn2cc(C)nc2N)cc1Cn1cc(Cl)c([N+](=O)[O-])n1. The Balaban J connectivity index is 1.88. The molecule has 0 unspecified atom stereocenters. The van der Waals surface area contributed by atoms with Crippen LogP contribution in [0.4, 0.5) is 11.8 Å². The molecule has 0 spiro atoms. The summed E-state index contributed by atoms with van der Waals surface area (Å²) in [7, 11) is 1.54. The summed E-state index contributed by atoms with van der Waals surface area (Å²) in [4.78, 5) is 14.3. The lowest BCUT2D eigenvalue weighted by Gasteiger charge is -2.08. The van der Waals surface area contributed by atoms with Gasteiger partial charge in [-0.2, -0.15) is 9.78 Å². The third kappa shape index (κ3) is 4.06.